The van der Waals surface area contributed by atoms with Gasteiger partial charge in [0.2, 0.25) is 0 Å². The van der Waals surface area contributed by atoms with Crippen molar-refractivity contribution < 1.29 is 0 Å². The van der Waals surface area contributed by atoms with Crippen LogP contribution in [-0.2, 0) is 0 Å². The summed E-state index contributed by atoms with van der Waals surface area (Å²) in [6.45, 7) is 4.45. The lowest BCUT2D eigenvalue weighted by Gasteiger charge is -2.39. The highest BCUT2D eigenvalue weighted by Gasteiger charge is 2.32. The molecule has 1 saturated carbocycles. The molecule has 2 atom stereocenters. The molecule has 2 aromatic carbocycles. The van der Waals surface area contributed by atoms with Crippen LogP contribution in [0.2, 0.25) is 10.0 Å². The van der Waals surface area contributed by atoms with E-state index in [1.165, 1.54) is 41.4 Å². The Kier molecular flexibility index (Phi) is 5.00. The van der Waals surface area contributed by atoms with Gasteiger partial charge in [-0.1, -0.05) is 23.2 Å². The molecule has 1 N–H and O–H groups in total. The second-order valence-electron chi connectivity index (χ2n) is 8.10. The molecule has 3 nitrogen and oxygen atoms in total. The van der Waals surface area contributed by atoms with Crippen molar-refractivity contribution in [3.05, 3.63) is 64.3 Å². The summed E-state index contributed by atoms with van der Waals surface area (Å²) in [4.78, 5) is 8.60. The first-order chi connectivity index (χ1) is 13.7. The van der Waals surface area contributed by atoms with Crippen molar-refractivity contribution in [1.82, 2.24) is 9.88 Å². The van der Waals surface area contributed by atoms with Gasteiger partial charge in [0.15, 0.2) is 0 Å². The number of halogens is 2. The van der Waals surface area contributed by atoms with Crippen LogP contribution < -0.4 is 4.90 Å². The van der Waals surface area contributed by atoms with Gasteiger partial charge in [0, 0.05) is 65.1 Å². The molecular formula is C23H25Cl2N3. The van der Waals surface area contributed by atoms with Crippen LogP contribution in [0, 0.1) is 0 Å². The van der Waals surface area contributed by atoms with Crippen molar-refractivity contribution in [2.75, 3.05) is 31.1 Å². The maximum atomic E-state index is 6.24. The lowest BCUT2D eigenvalue weighted by molar-refractivity contribution is 0.186. The van der Waals surface area contributed by atoms with Crippen molar-refractivity contribution in [3.63, 3.8) is 0 Å². The van der Waals surface area contributed by atoms with Crippen molar-refractivity contribution in [3.8, 4) is 0 Å². The smallest absolute Gasteiger partial charge is 0.0457 e. The molecule has 2 unspecified atom stereocenters. The summed E-state index contributed by atoms with van der Waals surface area (Å²) in [6, 6.07) is 15.1. The molecule has 146 valence electrons. The van der Waals surface area contributed by atoms with E-state index in [4.69, 9.17) is 23.2 Å². The minimum atomic E-state index is 0.631. The average molecular weight is 414 g/mol. The number of fused-ring (bicyclic) bond motifs is 1. The van der Waals surface area contributed by atoms with Gasteiger partial charge in [0.25, 0.3) is 0 Å². The van der Waals surface area contributed by atoms with Gasteiger partial charge in [-0.25, -0.2) is 0 Å². The highest BCUT2D eigenvalue weighted by Crippen LogP contribution is 2.40. The van der Waals surface area contributed by atoms with Gasteiger partial charge in [0.05, 0.1) is 0 Å². The fourth-order valence-electron chi connectivity index (χ4n) is 5.02. The molecule has 0 bridgehead atoms. The molecule has 2 fully saturated rings. The van der Waals surface area contributed by atoms with E-state index >= 15 is 0 Å². The molecule has 1 aromatic heterocycles. The third-order valence-electron chi connectivity index (χ3n) is 6.54. The predicted octanol–water partition coefficient (Wildman–Crippen LogP) is 5.93. The van der Waals surface area contributed by atoms with Crippen LogP contribution in [0.25, 0.3) is 10.9 Å². The van der Waals surface area contributed by atoms with Crippen LogP contribution in [-0.4, -0.2) is 42.1 Å². The summed E-state index contributed by atoms with van der Waals surface area (Å²) >= 11 is 12.3. The minimum Gasteiger partial charge on any atom is -0.369 e. The average Bonchev–Trinajstić information content (AvgIpc) is 3.35. The van der Waals surface area contributed by atoms with E-state index in [1.54, 1.807) is 0 Å². The monoisotopic (exact) mass is 413 g/mol. The zero-order chi connectivity index (χ0) is 19.1. The number of nitrogens with zero attached hydrogens (tertiary/aromatic N) is 2. The standard InChI is InChI=1S/C23H25Cl2N3/c24-17-2-6-19(7-3-17)27-9-11-28(12-10-27)20-5-1-16(13-20)22-15-26-23-8-4-18(25)14-21(22)23/h2-4,6-8,14-16,20,26H,1,5,9-13H2. The second-order valence-corrected chi connectivity index (χ2v) is 8.97. The van der Waals surface area contributed by atoms with Crippen molar-refractivity contribution in [2.45, 2.75) is 31.2 Å². The zero-order valence-corrected chi connectivity index (χ0v) is 17.4. The van der Waals surface area contributed by atoms with Crippen LogP contribution >= 0.6 is 23.2 Å². The molecule has 1 saturated heterocycles. The molecule has 1 aliphatic carbocycles. The predicted molar refractivity (Wildman–Crippen MR) is 119 cm³/mol. The maximum absolute atomic E-state index is 6.24. The Morgan fingerprint density at radius 2 is 1.61 bits per heavy atom. The largest absolute Gasteiger partial charge is 0.369 e. The van der Waals surface area contributed by atoms with Gasteiger partial charge >= 0.3 is 0 Å². The van der Waals surface area contributed by atoms with Crippen molar-refractivity contribution in [1.29, 1.82) is 0 Å². The molecular weight excluding hydrogens is 389 g/mol. The lowest BCUT2D eigenvalue weighted by Crippen LogP contribution is -2.49. The summed E-state index contributed by atoms with van der Waals surface area (Å²) in [6.07, 6.45) is 6.01. The third-order valence-corrected chi connectivity index (χ3v) is 7.03. The molecule has 0 amide bonds. The van der Waals surface area contributed by atoms with E-state index in [2.05, 4.69) is 45.2 Å². The number of H-pyrrole nitrogens is 1. The van der Waals surface area contributed by atoms with Gasteiger partial charge in [-0.3, -0.25) is 4.90 Å². The lowest BCUT2D eigenvalue weighted by atomic mass is 9.96. The summed E-state index contributed by atoms with van der Waals surface area (Å²) < 4.78 is 0. The van der Waals surface area contributed by atoms with E-state index < -0.39 is 0 Å². The fraction of sp³-hybridized carbons (Fsp3) is 0.391. The molecule has 3 aromatic rings. The van der Waals surface area contributed by atoms with Crippen LogP contribution in [0.1, 0.15) is 30.7 Å². The van der Waals surface area contributed by atoms with Gasteiger partial charge < -0.3 is 9.88 Å². The van der Waals surface area contributed by atoms with Crippen molar-refractivity contribution >= 4 is 39.8 Å². The number of hydrogen-bond acceptors (Lipinski definition) is 2. The van der Waals surface area contributed by atoms with Crippen LogP contribution in [0.3, 0.4) is 0 Å². The summed E-state index contributed by atoms with van der Waals surface area (Å²) in [5.74, 6) is 0.631. The SMILES string of the molecule is Clc1ccc(N2CCN(C3CCC(c4c[nH]c5ccc(Cl)cc45)C3)CC2)cc1. The highest BCUT2D eigenvalue weighted by molar-refractivity contribution is 6.31. The quantitative estimate of drug-likeness (QED) is 0.574. The summed E-state index contributed by atoms with van der Waals surface area (Å²) in [5, 5.41) is 2.92. The molecule has 2 aliphatic rings. The van der Waals surface area contributed by atoms with Gasteiger partial charge in [0.1, 0.15) is 0 Å². The first kappa shape index (κ1) is 18.4. The number of nitrogens with one attached hydrogen (secondary N) is 1. The Bertz CT molecular complexity index is 958. The van der Waals surface area contributed by atoms with E-state index in [-0.39, 0.29) is 0 Å². The van der Waals surface area contributed by atoms with Crippen molar-refractivity contribution in [2.24, 2.45) is 0 Å². The number of piperazine rings is 1. The topological polar surface area (TPSA) is 22.3 Å². The van der Waals surface area contributed by atoms with Gasteiger partial charge in [-0.15, -0.1) is 0 Å². The Balaban J connectivity index is 1.23. The van der Waals surface area contributed by atoms with Gasteiger partial charge in [-0.2, -0.15) is 0 Å². The first-order valence-corrected chi connectivity index (χ1v) is 10.9. The van der Waals surface area contributed by atoms with Crippen LogP contribution in [0.15, 0.2) is 48.7 Å². The maximum Gasteiger partial charge on any atom is 0.0457 e. The van der Waals surface area contributed by atoms with Crippen LogP contribution in [0.4, 0.5) is 5.69 Å². The fourth-order valence-corrected chi connectivity index (χ4v) is 5.32. The number of aromatic amines is 1. The van der Waals surface area contributed by atoms with E-state index in [1.807, 2.05) is 18.2 Å². The minimum absolute atomic E-state index is 0.631. The van der Waals surface area contributed by atoms with Gasteiger partial charge in [-0.05, 0) is 73.2 Å². The zero-order valence-electron chi connectivity index (χ0n) is 15.9. The Hall–Kier alpha value is -1.68. The molecule has 0 radical (unpaired) electrons. The Morgan fingerprint density at radius 3 is 2.39 bits per heavy atom. The Labute approximate surface area is 176 Å². The molecule has 0 spiro atoms. The normalized spacial score (nSPS) is 23.6. The van der Waals surface area contributed by atoms with Crippen LogP contribution in [0.5, 0.6) is 0 Å². The Morgan fingerprint density at radius 1 is 0.857 bits per heavy atom. The van der Waals surface area contributed by atoms with E-state index in [0.717, 1.165) is 36.2 Å². The summed E-state index contributed by atoms with van der Waals surface area (Å²) in [7, 11) is 0. The number of hydrogen-bond donors (Lipinski definition) is 1. The second kappa shape index (κ2) is 7.62. The molecule has 1 aliphatic heterocycles. The molecule has 5 rings (SSSR count). The molecule has 28 heavy (non-hydrogen) atoms. The number of benzene rings is 2. The first-order valence-electron chi connectivity index (χ1n) is 10.2. The highest BCUT2D eigenvalue weighted by atomic mass is 35.5. The number of anilines is 1. The third kappa shape index (κ3) is 3.52. The molecule has 5 heteroatoms. The number of rotatable bonds is 3. The summed E-state index contributed by atoms with van der Waals surface area (Å²) in [5.41, 5.74) is 3.92. The van der Waals surface area contributed by atoms with E-state index in [9.17, 15) is 0 Å². The van der Waals surface area contributed by atoms with E-state index in [0.29, 0.717) is 12.0 Å². The number of aromatic nitrogens is 1. The molecule has 2 heterocycles.